The summed E-state index contributed by atoms with van der Waals surface area (Å²) in [4.78, 5) is 28.1. The Morgan fingerprint density at radius 1 is 1.22 bits per heavy atom. The molecule has 36 heavy (non-hydrogen) atoms. The monoisotopic (exact) mass is 556 g/mol. The van der Waals surface area contributed by atoms with Crippen molar-refractivity contribution in [1.29, 1.82) is 0 Å². The Morgan fingerprint density at radius 2 is 2.03 bits per heavy atom. The molecule has 0 amide bonds. The van der Waals surface area contributed by atoms with Crippen molar-refractivity contribution in [2.45, 2.75) is 31.8 Å². The van der Waals surface area contributed by atoms with Crippen LogP contribution in [0.3, 0.4) is 0 Å². The van der Waals surface area contributed by atoms with Crippen LogP contribution in [-0.2, 0) is 17.9 Å². The topological polar surface area (TPSA) is 55.4 Å². The van der Waals surface area contributed by atoms with Crippen LogP contribution >= 0.6 is 46.0 Å². The van der Waals surface area contributed by atoms with Crippen LogP contribution in [0.2, 0.25) is 5.02 Å². The van der Waals surface area contributed by atoms with Gasteiger partial charge in [0.05, 0.1) is 22.7 Å². The van der Waals surface area contributed by atoms with Gasteiger partial charge in [-0.1, -0.05) is 46.8 Å². The lowest BCUT2D eigenvalue weighted by molar-refractivity contribution is -0.685. The molecule has 0 N–H and O–H groups in total. The van der Waals surface area contributed by atoms with E-state index in [0.717, 1.165) is 30.8 Å². The van der Waals surface area contributed by atoms with E-state index in [1.54, 1.807) is 29.2 Å². The third-order valence-electron chi connectivity index (χ3n) is 5.74. The summed E-state index contributed by atoms with van der Waals surface area (Å²) in [6, 6.07) is 13.3. The highest BCUT2D eigenvalue weighted by atomic mass is 35.5. The Hall–Kier alpha value is -2.85. The first-order valence-corrected chi connectivity index (χ1v) is 14.1. The van der Waals surface area contributed by atoms with E-state index in [1.165, 1.54) is 18.3 Å². The average Bonchev–Trinajstić information content (AvgIpc) is 3.50. The third kappa shape index (κ3) is 4.76. The maximum Gasteiger partial charge on any atom is 0.308 e. The first-order chi connectivity index (χ1) is 17.4. The van der Waals surface area contributed by atoms with Gasteiger partial charge in [0, 0.05) is 30.4 Å². The fraction of sp³-hybridized carbons (Fsp3) is 0.192. The van der Waals surface area contributed by atoms with Crippen LogP contribution in [0, 0.1) is 0 Å². The number of ether oxygens (including phenoxy) is 1. The molecule has 0 fully saturated rings. The number of benzene rings is 2. The molecule has 184 valence electrons. The van der Waals surface area contributed by atoms with Crippen molar-refractivity contribution < 1.29 is 14.1 Å². The number of hydrogen-bond acceptors (Lipinski definition) is 7. The summed E-state index contributed by atoms with van der Waals surface area (Å²) in [5.74, 6) is 0.204. The van der Waals surface area contributed by atoms with E-state index < -0.39 is 0 Å². The second kappa shape index (κ2) is 10.3. The SMILES string of the molecule is CCn1c(=O)/c(=C2\Sc3cc(Cl)ccc3N2C)s/c1=C\c1scc[n+]1Cc1ccccc1OC(C)=O. The van der Waals surface area contributed by atoms with Gasteiger partial charge in [-0.05, 0) is 37.3 Å². The first kappa shape index (κ1) is 24.8. The van der Waals surface area contributed by atoms with Gasteiger partial charge >= 0.3 is 5.97 Å². The summed E-state index contributed by atoms with van der Waals surface area (Å²) in [7, 11) is 1.98. The molecular formula is C26H23ClN3O3S3+. The molecule has 1 aliphatic rings. The number of nitrogens with zero attached hydrogens (tertiary/aromatic N) is 3. The number of thioether (sulfide) groups is 1. The molecule has 1 aliphatic heterocycles. The second-order valence-corrected chi connectivity index (χ2v) is 11.5. The molecule has 2 aromatic carbocycles. The van der Waals surface area contributed by atoms with Gasteiger partial charge < -0.3 is 9.64 Å². The van der Waals surface area contributed by atoms with E-state index in [4.69, 9.17) is 16.3 Å². The van der Waals surface area contributed by atoms with Crippen molar-refractivity contribution in [3.63, 3.8) is 0 Å². The van der Waals surface area contributed by atoms with Crippen LogP contribution < -0.4 is 29.0 Å². The number of aromatic nitrogens is 2. The Labute approximate surface area is 225 Å². The van der Waals surface area contributed by atoms with E-state index >= 15 is 0 Å². The molecule has 2 aromatic heterocycles. The summed E-state index contributed by atoms with van der Waals surface area (Å²) in [6.45, 7) is 4.50. The number of para-hydroxylation sites is 1. The molecule has 0 aliphatic carbocycles. The fourth-order valence-electron chi connectivity index (χ4n) is 4.04. The van der Waals surface area contributed by atoms with Crippen molar-refractivity contribution in [2.24, 2.45) is 0 Å². The predicted molar refractivity (Wildman–Crippen MR) is 148 cm³/mol. The Kier molecular flexibility index (Phi) is 7.07. The summed E-state index contributed by atoms with van der Waals surface area (Å²) in [6.07, 6.45) is 4.06. The van der Waals surface area contributed by atoms with Crippen LogP contribution in [0.4, 0.5) is 5.69 Å². The third-order valence-corrected chi connectivity index (χ3v) is 9.30. The number of anilines is 1. The molecule has 10 heteroatoms. The Morgan fingerprint density at radius 3 is 2.81 bits per heavy atom. The molecule has 3 heterocycles. The Bertz CT molecular complexity index is 1650. The van der Waals surface area contributed by atoms with Gasteiger partial charge in [0.2, 0.25) is 0 Å². The largest absolute Gasteiger partial charge is 0.426 e. The lowest BCUT2D eigenvalue weighted by Crippen LogP contribution is -2.36. The maximum atomic E-state index is 13.4. The zero-order valence-corrected chi connectivity index (χ0v) is 23.1. The number of thiazole rings is 2. The van der Waals surface area contributed by atoms with Crippen molar-refractivity contribution in [2.75, 3.05) is 11.9 Å². The van der Waals surface area contributed by atoms with Crippen molar-refractivity contribution >= 4 is 68.8 Å². The van der Waals surface area contributed by atoms with Crippen molar-refractivity contribution in [3.8, 4) is 5.75 Å². The minimum Gasteiger partial charge on any atom is -0.426 e. The molecule has 0 atom stereocenters. The minimum atomic E-state index is -0.348. The zero-order chi connectivity index (χ0) is 25.4. The lowest BCUT2D eigenvalue weighted by Gasteiger charge is -2.12. The molecule has 0 saturated carbocycles. The molecule has 0 radical (unpaired) electrons. The maximum absolute atomic E-state index is 13.4. The average molecular weight is 557 g/mol. The van der Waals surface area contributed by atoms with E-state index in [9.17, 15) is 9.59 Å². The van der Waals surface area contributed by atoms with Crippen molar-refractivity contribution in [1.82, 2.24) is 4.57 Å². The highest BCUT2D eigenvalue weighted by Gasteiger charge is 2.25. The number of carbonyl (C=O) groups is 1. The van der Waals surface area contributed by atoms with Gasteiger partial charge in [-0.25, -0.2) is 0 Å². The summed E-state index contributed by atoms with van der Waals surface area (Å²) in [5, 5.41) is 4.60. The fourth-order valence-corrected chi connectivity index (χ4v) is 7.63. The van der Waals surface area contributed by atoms with Gasteiger partial charge in [0.25, 0.3) is 10.6 Å². The number of carbonyl (C=O) groups excluding carboxylic acids is 1. The van der Waals surface area contributed by atoms with Crippen LogP contribution in [0.1, 0.15) is 24.4 Å². The minimum absolute atomic E-state index is 0.00492. The normalized spacial score (nSPS) is 14.9. The van der Waals surface area contributed by atoms with Gasteiger partial charge in [-0.3, -0.25) is 14.2 Å². The van der Waals surface area contributed by atoms with E-state index in [2.05, 4.69) is 15.5 Å². The first-order valence-electron chi connectivity index (χ1n) is 11.3. The number of esters is 1. The number of fused-ring (bicyclic) bond motifs is 1. The number of halogens is 1. The summed E-state index contributed by atoms with van der Waals surface area (Å²) >= 11 is 10.9. The smallest absolute Gasteiger partial charge is 0.308 e. The highest BCUT2D eigenvalue weighted by Crippen LogP contribution is 2.46. The number of hydrogen-bond donors (Lipinski definition) is 0. The molecule has 0 unspecified atom stereocenters. The lowest BCUT2D eigenvalue weighted by atomic mass is 10.2. The zero-order valence-electron chi connectivity index (χ0n) is 19.9. The van der Waals surface area contributed by atoms with E-state index in [0.29, 0.717) is 28.4 Å². The van der Waals surface area contributed by atoms with Crippen LogP contribution in [0.25, 0.3) is 11.1 Å². The van der Waals surface area contributed by atoms with Crippen LogP contribution in [-0.4, -0.2) is 17.6 Å². The van der Waals surface area contributed by atoms with Crippen molar-refractivity contribution in [3.05, 3.63) is 89.2 Å². The summed E-state index contributed by atoms with van der Waals surface area (Å²) < 4.78 is 10.9. The highest BCUT2D eigenvalue weighted by molar-refractivity contribution is 8.08. The molecule has 0 bridgehead atoms. The van der Waals surface area contributed by atoms with E-state index in [1.807, 2.05) is 66.5 Å². The molecule has 4 aromatic rings. The molecule has 6 nitrogen and oxygen atoms in total. The quantitative estimate of drug-likeness (QED) is 0.211. The number of rotatable bonds is 5. The standard InChI is InChI=1S/C26H23ClN3O3S3/c1-4-30-23(36-24(25(30)32)26-28(3)19-10-9-18(27)13-21(19)35-26)14-22-29(11-12-34-22)15-17-7-5-6-8-20(17)33-16(2)31/h5-14H,4,15H2,1-3H3/q+1/b26-24+. The molecule has 5 rings (SSSR count). The van der Waals surface area contributed by atoms with Crippen LogP contribution in [0.5, 0.6) is 5.75 Å². The van der Waals surface area contributed by atoms with Gasteiger partial charge in [0.1, 0.15) is 20.0 Å². The summed E-state index contributed by atoms with van der Waals surface area (Å²) in [5.41, 5.74) is 1.95. The predicted octanol–water partition coefficient (Wildman–Crippen LogP) is 4.04. The van der Waals surface area contributed by atoms with Crippen LogP contribution in [0.15, 0.2) is 63.7 Å². The Balaban J connectivity index is 1.57. The van der Waals surface area contributed by atoms with Gasteiger partial charge in [0.15, 0.2) is 12.7 Å². The van der Waals surface area contributed by atoms with Gasteiger partial charge in [-0.15, -0.1) is 11.3 Å². The molecule has 0 saturated heterocycles. The second-order valence-electron chi connectivity index (χ2n) is 8.11. The van der Waals surface area contributed by atoms with E-state index in [-0.39, 0.29) is 11.5 Å². The molecule has 0 spiro atoms. The van der Waals surface area contributed by atoms with Gasteiger partial charge in [-0.2, -0.15) is 4.57 Å². The molecular weight excluding hydrogens is 534 g/mol.